The van der Waals surface area contributed by atoms with Gasteiger partial charge in [-0.2, -0.15) is 0 Å². The van der Waals surface area contributed by atoms with Gasteiger partial charge in [-0.15, -0.1) is 0 Å². The molecule has 0 spiro atoms. The van der Waals surface area contributed by atoms with E-state index in [1.54, 1.807) is 11.2 Å². The van der Waals surface area contributed by atoms with Gasteiger partial charge in [0.25, 0.3) is 0 Å². The number of rotatable bonds is 2. The van der Waals surface area contributed by atoms with Crippen LogP contribution in [-0.4, -0.2) is 33.7 Å². The van der Waals surface area contributed by atoms with Crippen molar-refractivity contribution in [2.75, 3.05) is 11.4 Å². The van der Waals surface area contributed by atoms with Crippen LogP contribution in [0.1, 0.15) is 57.7 Å². The van der Waals surface area contributed by atoms with Crippen molar-refractivity contribution in [1.29, 1.82) is 0 Å². The Morgan fingerprint density at radius 3 is 2.41 bits per heavy atom. The predicted molar refractivity (Wildman–Crippen MR) is 103 cm³/mol. The zero-order valence-electron chi connectivity index (χ0n) is 16.7. The minimum Gasteiger partial charge on any atom is -0.455 e. The van der Waals surface area contributed by atoms with E-state index in [9.17, 15) is 9.59 Å². The van der Waals surface area contributed by atoms with E-state index < -0.39 is 17.1 Å². The summed E-state index contributed by atoms with van der Waals surface area (Å²) in [6.07, 6.45) is 1.62. The summed E-state index contributed by atoms with van der Waals surface area (Å²) in [4.78, 5) is 31.7. The molecule has 2 amide bonds. The molecule has 1 aromatic carbocycles. The second-order valence-corrected chi connectivity index (χ2v) is 8.03. The van der Waals surface area contributed by atoms with Crippen LogP contribution in [0.5, 0.6) is 0 Å². The monoisotopic (exact) mass is 370 g/mol. The van der Waals surface area contributed by atoms with E-state index in [2.05, 4.69) is 10.3 Å². The Kier molecular flexibility index (Phi) is 4.49. The highest BCUT2D eigenvalue weighted by atomic mass is 16.6. The molecule has 27 heavy (non-hydrogen) atoms. The first-order valence-electron chi connectivity index (χ1n) is 9.06. The molecule has 0 saturated carbocycles. The van der Waals surface area contributed by atoms with Gasteiger partial charge in [0.1, 0.15) is 11.9 Å². The number of amides is 2. The van der Waals surface area contributed by atoms with Gasteiger partial charge in [-0.3, -0.25) is 9.47 Å². The quantitative estimate of drug-likeness (QED) is 0.819. The number of fused-ring (bicyclic) bond motifs is 3. The summed E-state index contributed by atoms with van der Waals surface area (Å²) in [6, 6.07) is 7.35. The van der Waals surface area contributed by atoms with Gasteiger partial charge in [-0.25, -0.2) is 14.6 Å². The zero-order valence-corrected chi connectivity index (χ0v) is 16.7. The molecule has 0 radical (unpaired) electrons. The smallest absolute Gasteiger partial charge is 0.359 e. The molecule has 2 heterocycles. The van der Waals surface area contributed by atoms with Gasteiger partial charge in [-0.05, 0) is 53.7 Å². The van der Waals surface area contributed by atoms with Crippen LogP contribution in [0.25, 0.3) is 5.69 Å². The molecular weight excluding hydrogens is 344 g/mol. The number of carbonyl (C=O) groups is 2. The molecule has 0 fully saturated rings. The first-order chi connectivity index (χ1) is 12.6. The van der Waals surface area contributed by atoms with Gasteiger partial charge < -0.3 is 10.1 Å². The number of anilines is 1. The number of nitrogens with zero attached hydrogens (tertiary/aromatic N) is 3. The van der Waals surface area contributed by atoms with Gasteiger partial charge >= 0.3 is 12.0 Å². The van der Waals surface area contributed by atoms with Crippen LogP contribution >= 0.6 is 0 Å². The number of para-hydroxylation sites is 2. The fraction of sp³-hybridized carbons (Fsp3) is 0.450. The Bertz CT molecular complexity index is 893. The highest BCUT2D eigenvalue weighted by Gasteiger charge is 2.45. The lowest BCUT2D eigenvalue weighted by molar-refractivity contribution is 0.00601. The average Bonchev–Trinajstić information content (AvgIpc) is 3.00. The van der Waals surface area contributed by atoms with Crippen molar-refractivity contribution < 1.29 is 14.3 Å². The summed E-state index contributed by atoms with van der Waals surface area (Å²) in [5, 5.41) is 2.86. The number of hydrogen-bond acceptors (Lipinski definition) is 4. The van der Waals surface area contributed by atoms with Gasteiger partial charge in [-0.1, -0.05) is 12.1 Å². The van der Waals surface area contributed by atoms with E-state index in [1.165, 1.54) is 0 Å². The maximum absolute atomic E-state index is 12.9. The number of nitrogens with one attached hydrogen (secondary N) is 1. The molecule has 0 aliphatic carbocycles. The Labute approximate surface area is 159 Å². The summed E-state index contributed by atoms with van der Waals surface area (Å²) in [6.45, 7) is 11.6. The summed E-state index contributed by atoms with van der Waals surface area (Å²) in [5.41, 5.74) is 0.954. The summed E-state index contributed by atoms with van der Waals surface area (Å²) in [7, 11) is 0. The Morgan fingerprint density at radius 2 is 1.81 bits per heavy atom. The van der Waals surface area contributed by atoms with Crippen LogP contribution in [0, 0.1) is 0 Å². The van der Waals surface area contributed by atoms with E-state index in [0.717, 1.165) is 11.4 Å². The lowest BCUT2D eigenvalue weighted by Gasteiger charge is -2.43. The normalized spacial score (nSPS) is 15.0. The summed E-state index contributed by atoms with van der Waals surface area (Å²) < 4.78 is 7.40. The molecule has 1 aliphatic rings. The molecule has 1 aromatic heterocycles. The molecule has 0 saturated heterocycles. The van der Waals surface area contributed by atoms with E-state index in [4.69, 9.17) is 4.74 Å². The minimum atomic E-state index is -0.809. The van der Waals surface area contributed by atoms with Crippen molar-refractivity contribution in [2.45, 2.75) is 52.7 Å². The van der Waals surface area contributed by atoms with Crippen LogP contribution < -0.4 is 10.2 Å². The molecule has 1 N–H and O–H groups in total. The van der Waals surface area contributed by atoms with Crippen molar-refractivity contribution in [1.82, 2.24) is 14.9 Å². The maximum Gasteiger partial charge on any atom is 0.359 e. The lowest BCUT2D eigenvalue weighted by atomic mass is 9.92. The number of imidazole rings is 1. The SMILES string of the molecule is CCNC(=O)N1c2ccccc2-n2cnc(C(=O)OC(C)(C)C)c2C1(C)C. The van der Waals surface area contributed by atoms with E-state index in [0.29, 0.717) is 12.2 Å². The molecule has 144 valence electrons. The largest absolute Gasteiger partial charge is 0.455 e. The number of carbonyl (C=O) groups excluding carboxylic acids is 2. The van der Waals surface area contributed by atoms with Crippen LogP contribution in [0.15, 0.2) is 30.6 Å². The van der Waals surface area contributed by atoms with Crippen LogP contribution in [0.3, 0.4) is 0 Å². The number of ether oxygens (including phenoxy) is 1. The molecule has 0 unspecified atom stereocenters. The van der Waals surface area contributed by atoms with Crippen LogP contribution in [0.4, 0.5) is 10.5 Å². The Hall–Kier alpha value is -2.83. The van der Waals surface area contributed by atoms with Crippen molar-refractivity contribution in [2.24, 2.45) is 0 Å². The van der Waals surface area contributed by atoms with Gasteiger partial charge in [0, 0.05) is 6.54 Å². The first-order valence-corrected chi connectivity index (χ1v) is 9.06. The van der Waals surface area contributed by atoms with Crippen molar-refractivity contribution in [3.05, 3.63) is 42.0 Å². The molecular formula is C20H26N4O3. The summed E-state index contributed by atoms with van der Waals surface area (Å²) >= 11 is 0. The highest BCUT2D eigenvalue weighted by molar-refractivity contribution is 5.98. The molecule has 7 nitrogen and oxygen atoms in total. The number of benzene rings is 1. The third kappa shape index (κ3) is 3.18. The summed E-state index contributed by atoms with van der Waals surface area (Å²) in [5.74, 6) is -0.500. The standard InChI is InChI=1S/C20H26N4O3/c1-7-21-18(26)24-14-11-9-8-10-13(14)23-12-22-15(16(23)20(24,5)6)17(25)27-19(2,3)4/h8-12H,7H2,1-6H3,(H,21,26). The molecule has 2 aromatic rings. The highest BCUT2D eigenvalue weighted by Crippen LogP contribution is 2.43. The third-order valence-electron chi connectivity index (χ3n) is 4.41. The number of urea groups is 1. The second-order valence-electron chi connectivity index (χ2n) is 8.03. The van der Waals surface area contributed by atoms with Gasteiger partial charge in [0.2, 0.25) is 0 Å². The topological polar surface area (TPSA) is 76.5 Å². The van der Waals surface area contributed by atoms with Gasteiger partial charge in [0.05, 0.1) is 22.6 Å². The molecule has 1 aliphatic heterocycles. The van der Waals surface area contributed by atoms with Crippen molar-refractivity contribution >= 4 is 17.7 Å². The number of aromatic nitrogens is 2. The Morgan fingerprint density at radius 1 is 1.19 bits per heavy atom. The fourth-order valence-electron chi connectivity index (χ4n) is 3.45. The van der Waals surface area contributed by atoms with E-state index >= 15 is 0 Å². The van der Waals surface area contributed by atoms with E-state index in [1.807, 2.05) is 70.4 Å². The molecule has 7 heteroatoms. The maximum atomic E-state index is 12.9. The Balaban J connectivity index is 2.20. The van der Waals surface area contributed by atoms with E-state index in [-0.39, 0.29) is 11.7 Å². The lowest BCUT2D eigenvalue weighted by Crippen LogP contribution is -2.54. The third-order valence-corrected chi connectivity index (χ3v) is 4.41. The van der Waals surface area contributed by atoms with Gasteiger partial charge in [0.15, 0.2) is 5.69 Å². The van der Waals surface area contributed by atoms with Crippen LogP contribution in [-0.2, 0) is 10.3 Å². The number of esters is 1. The predicted octanol–water partition coefficient (Wildman–Crippen LogP) is 3.61. The average molecular weight is 370 g/mol. The fourth-order valence-corrected chi connectivity index (χ4v) is 3.45. The minimum absolute atomic E-state index is 0.221. The number of hydrogen-bond donors (Lipinski definition) is 1. The second kappa shape index (κ2) is 6.40. The van der Waals surface area contributed by atoms with Crippen LogP contribution in [0.2, 0.25) is 0 Å². The molecule has 0 bridgehead atoms. The van der Waals surface area contributed by atoms with Crippen molar-refractivity contribution in [3.63, 3.8) is 0 Å². The van der Waals surface area contributed by atoms with Crippen molar-refractivity contribution in [3.8, 4) is 5.69 Å². The molecule has 0 atom stereocenters. The first kappa shape index (κ1) is 18.9. The zero-order chi connectivity index (χ0) is 20.0. The molecule has 3 rings (SSSR count).